The highest BCUT2D eigenvalue weighted by molar-refractivity contribution is 5.82. The van der Waals surface area contributed by atoms with E-state index in [4.69, 9.17) is 14.2 Å². The normalized spacial score (nSPS) is 14.5. The molecule has 0 unspecified atom stereocenters. The number of carbonyl (C=O) groups is 3. The number of alkyl carbamates (subject to hydrolysis) is 2. The van der Waals surface area contributed by atoms with Crippen molar-refractivity contribution >= 4 is 18.2 Å². The van der Waals surface area contributed by atoms with Gasteiger partial charge in [-0.3, -0.25) is 0 Å². The van der Waals surface area contributed by atoms with E-state index in [9.17, 15) is 14.4 Å². The third-order valence-corrected chi connectivity index (χ3v) is 11.8. The Morgan fingerprint density at radius 2 is 1.11 bits per heavy atom. The van der Waals surface area contributed by atoms with E-state index in [-0.39, 0.29) is 31.7 Å². The Labute approximate surface area is 379 Å². The van der Waals surface area contributed by atoms with Crippen LogP contribution in [0.3, 0.4) is 0 Å². The monoisotopic (exact) mass is 858 g/mol. The molecule has 64 heavy (non-hydrogen) atoms. The fourth-order valence-electron chi connectivity index (χ4n) is 8.19. The van der Waals surface area contributed by atoms with Gasteiger partial charge in [0.15, 0.2) is 0 Å². The zero-order valence-corrected chi connectivity index (χ0v) is 37.9. The van der Waals surface area contributed by atoms with Crippen LogP contribution in [0, 0.1) is 0 Å². The number of benzene rings is 4. The minimum atomic E-state index is -0.935. The van der Waals surface area contributed by atoms with Crippen LogP contribution in [0.4, 0.5) is 9.59 Å². The largest absolute Gasteiger partial charge is 0.460 e. The maximum Gasteiger partial charge on any atom is 0.407 e. The average molecular weight is 859 g/mol. The number of fused-ring (bicyclic) bond motifs is 6. The number of rotatable bonds is 20. The molecule has 0 saturated carbocycles. The summed E-state index contributed by atoms with van der Waals surface area (Å²) in [6.07, 6.45) is 18.6. The summed E-state index contributed by atoms with van der Waals surface area (Å²) < 4.78 is 17.3. The number of amides is 2. The molecule has 4 aromatic rings. The molecule has 4 aromatic carbocycles. The lowest BCUT2D eigenvalue weighted by molar-refractivity contribution is -0.145. The van der Waals surface area contributed by atoms with E-state index in [2.05, 4.69) is 129 Å². The Hall–Kier alpha value is -6.67. The summed E-state index contributed by atoms with van der Waals surface area (Å²) in [5, 5.41) is 5.64. The molecule has 2 amide bonds. The van der Waals surface area contributed by atoms with Gasteiger partial charge in [-0.15, -0.1) is 0 Å². The number of allylic oxidation sites excluding steroid dienone is 11. The molecule has 0 spiro atoms. The van der Waals surface area contributed by atoms with Crippen LogP contribution in [0.25, 0.3) is 22.3 Å². The van der Waals surface area contributed by atoms with E-state index in [0.29, 0.717) is 25.8 Å². The molecule has 0 heterocycles. The van der Waals surface area contributed by atoms with Crippen LogP contribution in [-0.2, 0) is 19.0 Å². The summed E-state index contributed by atoms with van der Waals surface area (Å²) in [6.45, 7) is 11.0. The first-order valence-corrected chi connectivity index (χ1v) is 22.5. The summed E-state index contributed by atoms with van der Waals surface area (Å²) in [7, 11) is 0. The summed E-state index contributed by atoms with van der Waals surface area (Å²) in [4.78, 5) is 39.7. The van der Waals surface area contributed by atoms with Crippen LogP contribution in [0.5, 0.6) is 0 Å². The molecule has 6 rings (SSSR count). The highest BCUT2D eigenvalue weighted by Gasteiger charge is 2.31. The fraction of sp³-hybridized carbons (Fsp3) is 0.304. The summed E-state index contributed by atoms with van der Waals surface area (Å²) >= 11 is 0. The van der Waals surface area contributed by atoms with Crippen molar-refractivity contribution in [2.24, 2.45) is 0 Å². The van der Waals surface area contributed by atoms with Crippen LogP contribution >= 0.6 is 0 Å². The molecule has 8 nitrogen and oxygen atoms in total. The van der Waals surface area contributed by atoms with Gasteiger partial charge >= 0.3 is 18.2 Å². The molecule has 0 saturated heterocycles. The predicted molar refractivity (Wildman–Crippen MR) is 258 cm³/mol. The number of nitrogens with one attached hydrogen (secondary N) is 2. The first-order chi connectivity index (χ1) is 31.1. The molecule has 0 fully saturated rings. The number of esters is 1. The van der Waals surface area contributed by atoms with E-state index in [1.54, 1.807) is 0 Å². The van der Waals surface area contributed by atoms with Gasteiger partial charge in [0.1, 0.15) is 25.9 Å². The van der Waals surface area contributed by atoms with Crippen LogP contribution in [-0.4, -0.2) is 50.6 Å². The van der Waals surface area contributed by atoms with E-state index < -0.39 is 24.2 Å². The van der Waals surface area contributed by atoms with Gasteiger partial charge in [-0.25, -0.2) is 14.4 Å². The first kappa shape index (κ1) is 46.8. The zero-order chi connectivity index (χ0) is 45.3. The minimum Gasteiger partial charge on any atom is -0.460 e. The molecule has 2 aliphatic rings. The maximum atomic E-state index is 13.6. The highest BCUT2D eigenvalue weighted by atomic mass is 16.6. The number of hydrogen-bond acceptors (Lipinski definition) is 6. The van der Waals surface area contributed by atoms with Gasteiger partial charge in [0.05, 0.1) is 0 Å². The number of hydrogen-bond donors (Lipinski definition) is 2. The SMILES string of the molecule is C/C=C(C)/C=C/C=C(C)/C=C/C=C(\C)CC/C=C(\C)COC(=O)[C@@H](CCCCNC(=O)OCC1c2ccccc2-c2ccccc21)NC(=O)OCC1c2ccccc2-c2ccccc21. The van der Waals surface area contributed by atoms with E-state index in [0.717, 1.165) is 51.8 Å². The number of ether oxygens (including phenoxy) is 3. The Bertz CT molecular complexity index is 2360. The molecule has 2 N–H and O–H groups in total. The summed E-state index contributed by atoms with van der Waals surface area (Å²) in [6, 6.07) is 31.8. The van der Waals surface area contributed by atoms with Crippen LogP contribution in [0.1, 0.15) is 101 Å². The Kier molecular flexibility index (Phi) is 17.3. The summed E-state index contributed by atoms with van der Waals surface area (Å²) in [5.41, 5.74) is 13.7. The maximum absolute atomic E-state index is 13.6. The fourth-order valence-corrected chi connectivity index (χ4v) is 8.19. The molecule has 332 valence electrons. The van der Waals surface area contributed by atoms with Gasteiger partial charge in [0.2, 0.25) is 0 Å². The van der Waals surface area contributed by atoms with E-state index in [1.807, 2.05) is 62.4 Å². The predicted octanol–water partition coefficient (Wildman–Crippen LogP) is 12.8. The second-order valence-corrected chi connectivity index (χ2v) is 16.6. The van der Waals surface area contributed by atoms with Gasteiger partial charge in [-0.2, -0.15) is 0 Å². The molecule has 0 aromatic heterocycles. The smallest absolute Gasteiger partial charge is 0.407 e. The highest BCUT2D eigenvalue weighted by Crippen LogP contribution is 2.45. The molecule has 0 aliphatic heterocycles. The topological polar surface area (TPSA) is 103 Å². The van der Waals surface area contributed by atoms with Crippen LogP contribution < -0.4 is 10.6 Å². The second-order valence-electron chi connectivity index (χ2n) is 16.6. The van der Waals surface area contributed by atoms with Crippen LogP contribution in [0.2, 0.25) is 0 Å². The second kappa shape index (κ2) is 23.7. The molecule has 1 atom stereocenters. The zero-order valence-electron chi connectivity index (χ0n) is 37.9. The lowest BCUT2D eigenvalue weighted by Crippen LogP contribution is -2.42. The Balaban J connectivity index is 0.988. The summed E-state index contributed by atoms with van der Waals surface area (Å²) in [5.74, 6) is -0.680. The van der Waals surface area contributed by atoms with Gasteiger partial charge in [-0.05, 0) is 117 Å². The van der Waals surface area contributed by atoms with Gasteiger partial charge in [0.25, 0.3) is 0 Å². The molecule has 0 bridgehead atoms. The van der Waals surface area contributed by atoms with Crippen LogP contribution in [0.15, 0.2) is 168 Å². The van der Waals surface area contributed by atoms with Crippen molar-refractivity contribution in [3.63, 3.8) is 0 Å². The molecular weight excluding hydrogens is 797 g/mol. The Morgan fingerprint density at radius 3 is 1.66 bits per heavy atom. The molecule has 0 radical (unpaired) electrons. The number of unbranched alkanes of at least 4 members (excludes halogenated alkanes) is 1. The minimum absolute atomic E-state index is 0.0289. The van der Waals surface area contributed by atoms with Crippen molar-refractivity contribution in [3.8, 4) is 22.3 Å². The first-order valence-electron chi connectivity index (χ1n) is 22.5. The van der Waals surface area contributed by atoms with Crippen molar-refractivity contribution in [1.82, 2.24) is 10.6 Å². The molecule has 8 heteroatoms. The Morgan fingerprint density at radius 1 is 0.609 bits per heavy atom. The van der Waals surface area contributed by atoms with Crippen molar-refractivity contribution in [1.29, 1.82) is 0 Å². The van der Waals surface area contributed by atoms with Gasteiger partial charge < -0.3 is 24.8 Å². The standard InChI is InChI=1S/C56H62N2O6/c1-6-39(2)20-17-21-40(3)22-18-23-41(4)24-19-25-42(5)36-62-54(59)53(58-56(61)64-38-52-49-32-13-9-28-45(49)46-29-10-14-33-50(46)52)34-15-16-35-57-55(60)63-37-51-47-30-11-7-26-43(47)44-27-8-12-31-48(44)51/h6-14,17-18,20-23,25-33,51-53H,15-16,19,24,34-38H2,1-5H3,(H,57,60)(H,58,61)/b20-17+,22-18+,39-6+,40-21+,41-23+,42-25+/t53-/m1/s1. The molecular formula is C56H62N2O6. The van der Waals surface area contributed by atoms with E-state index >= 15 is 0 Å². The lowest BCUT2D eigenvalue weighted by atomic mass is 9.98. The van der Waals surface area contributed by atoms with E-state index in [1.165, 1.54) is 27.8 Å². The quantitative estimate of drug-likeness (QED) is 0.0302. The molecule has 2 aliphatic carbocycles. The van der Waals surface area contributed by atoms with Crippen molar-refractivity contribution in [2.75, 3.05) is 26.4 Å². The van der Waals surface area contributed by atoms with Crippen molar-refractivity contribution in [2.45, 2.75) is 84.6 Å². The lowest BCUT2D eigenvalue weighted by Gasteiger charge is -2.19. The van der Waals surface area contributed by atoms with Gasteiger partial charge in [-0.1, -0.05) is 162 Å². The third-order valence-electron chi connectivity index (χ3n) is 11.8. The van der Waals surface area contributed by atoms with Crippen molar-refractivity contribution in [3.05, 3.63) is 190 Å². The third kappa shape index (κ3) is 12.9. The van der Waals surface area contributed by atoms with Gasteiger partial charge in [0, 0.05) is 18.4 Å². The van der Waals surface area contributed by atoms with Crippen molar-refractivity contribution < 1.29 is 28.6 Å². The number of carbonyl (C=O) groups excluding carboxylic acids is 3. The average Bonchev–Trinajstić information content (AvgIpc) is 3.80.